The number of aryl methyl sites for hydroxylation is 1. The van der Waals surface area contributed by atoms with Crippen molar-refractivity contribution in [2.45, 2.75) is 38.6 Å². The van der Waals surface area contributed by atoms with Crippen LogP contribution in [0.5, 0.6) is 0 Å². The van der Waals surface area contributed by atoms with Gasteiger partial charge in [-0.05, 0) is 45.1 Å². The zero-order valence-corrected chi connectivity index (χ0v) is 11.2. The Morgan fingerprint density at radius 3 is 2.65 bits per heavy atom. The van der Waals surface area contributed by atoms with Crippen LogP contribution in [0.25, 0.3) is 0 Å². The van der Waals surface area contributed by atoms with Crippen LogP contribution >= 0.6 is 11.5 Å². The number of nitrogens with zero attached hydrogens (tertiary/aromatic N) is 3. The number of hydrogen-bond acceptors (Lipinski definition) is 5. The number of nitrogens with one attached hydrogen (secondary N) is 1. The highest BCUT2D eigenvalue weighted by Crippen LogP contribution is 2.25. The molecule has 0 radical (unpaired) electrons. The summed E-state index contributed by atoms with van der Waals surface area (Å²) in [5.41, 5.74) is 0. The molecule has 0 atom stereocenters. The van der Waals surface area contributed by atoms with Crippen LogP contribution in [-0.4, -0.2) is 35.0 Å². The van der Waals surface area contributed by atoms with Gasteiger partial charge in [-0.3, -0.25) is 0 Å². The van der Waals surface area contributed by atoms with Crippen molar-refractivity contribution in [1.82, 2.24) is 14.7 Å². The van der Waals surface area contributed by atoms with Gasteiger partial charge in [0.05, 0.1) is 0 Å². The zero-order chi connectivity index (χ0) is 11.7. The molecular weight excluding hydrogens is 232 g/mol. The van der Waals surface area contributed by atoms with E-state index >= 15 is 0 Å². The first-order valence-electron chi connectivity index (χ1n) is 6.60. The molecule has 4 nitrogen and oxygen atoms in total. The molecule has 2 heterocycles. The lowest BCUT2D eigenvalue weighted by atomic mass is 9.97. The second-order valence-corrected chi connectivity index (χ2v) is 5.97. The van der Waals surface area contributed by atoms with Gasteiger partial charge in [-0.25, -0.2) is 4.98 Å². The number of aromatic nitrogens is 2. The molecule has 1 saturated heterocycles. The Morgan fingerprint density at radius 2 is 2.06 bits per heavy atom. The normalized spacial score (nSPS) is 22.1. The third-order valence-corrected chi connectivity index (χ3v) is 4.54. The topological polar surface area (TPSA) is 41.1 Å². The smallest absolute Gasteiger partial charge is 0.205 e. The summed E-state index contributed by atoms with van der Waals surface area (Å²) < 4.78 is 4.26. The summed E-state index contributed by atoms with van der Waals surface area (Å²) in [4.78, 5) is 6.85. The van der Waals surface area contributed by atoms with E-state index < -0.39 is 0 Å². The summed E-state index contributed by atoms with van der Waals surface area (Å²) in [6.07, 6.45) is 5.36. The molecule has 94 valence electrons. The average molecular weight is 252 g/mol. The van der Waals surface area contributed by atoms with Gasteiger partial charge in [-0.1, -0.05) is 0 Å². The molecule has 2 fully saturated rings. The number of piperidine rings is 1. The van der Waals surface area contributed by atoms with E-state index in [4.69, 9.17) is 0 Å². The molecule has 1 aliphatic heterocycles. The Morgan fingerprint density at radius 1 is 1.29 bits per heavy atom. The molecule has 0 spiro atoms. The standard InChI is InChI=1S/C12H20N4S/c1-9-14-12(17-15-9)16-6-4-10(5-7-16)8-13-11-2-3-11/h10-11,13H,2-8H2,1H3. The Balaban J connectivity index is 1.46. The second-order valence-electron chi connectivity index (χ2n) is 5.24. The van der Waals surface area contributed by atoms with Crippen molar-refractivity contribution in [3.05, 3.63) is 5.82 Å². The molecule has 0 amide bonds. The summed E-state index contributed by atoms with van der Waals surface area (Å²) in [5.74, 6) is 1.77. The third-order valence-electron chi connectivity index (χ3n) is 3.67. The van der Waals surface area contributed by atoms with E-state index in [0.29, 0.717) is 0 Å². The largest absolute Gasteiger partial charge is 0.347 e. The van der Waals surface area contributed by atoms with Crippen molar-refractivity contribution in [2.75, 3.05) is 24.5 Å². The van der Waals surface area contributed by atoms with Crippen LogP contribution in [0.15, 0.2) is 0 Å². The van der Waals surface area contributed by atoms with Crippen molar-refractivity contribution >= 4 is 16.7 Å². The average Bonchev–Trinajstić information content (AvgIpc) is 3.09. The maximum atomic E-state index is 4.46. The molecule has 0 aromatic carbocycles. The van der Waals surface area contributed by atoms with Crippen molar-refractivity contribution in [3.8, 4) is 0 Å². The Hall–Kier alpha value is -0.680. The molecule has 3 rings (SSSR count). The Labute approximate surface area is 107 Å². The molecule has 1 aromatic heterocycles. The van der Waals surface area contributed by atoms with Gasteiger partial charge in [-0.2, -0.15) is 4.37 Å². The molecule has 1 aromatic rings. The molecule has 1 saturated carbocycles. The van der Waals surface area contributed by atoms with Gasteiger partial charge < -0.3 is 10.2 Å². The van der Waals surface area contributed by atoms with Gasteiger partial charge >= 0.3 is 0 Å². The fourth-order valence-corrected chi connectivity index (χ4v) is 3.09. The lowest BCUT2D eigenvalue weighted by Gasteiger charge is -2.31. The lowest BCUT2D eigenvalue weighted by molar-refractivity contribution is 0.382. The first kappa shape index (κ1) is 11.4. The summed E-state index contributed by atoms with van der Waals surface area (Å²) in [6.45, 7) is 5.47. The molecule has 17 heavy (non-hydrogen) atoms. The Kier molecular flexibility index (Phi) is 3.29. The predicted octanol–water partition coefficient (Wildman–Crippen LogP) is 1.81. The van der Waals surface area contributed by atoms with E-state index in [2.05, 4.69) is 19.6 Å². The van der Waals surface area contributed by atoms with Gasteiger partial charge in [0.15, 0.2) is 0 Å². The quantitative estimate of drug-likeness (QED) is 0.887. The van der Waals surface area contributed by atoms with Crippen LogP contribution in [0.2, 0.25) is 0 Å². The first-order chi connectivity index (χ1) is 8.31. The molecule has 0 bridgehead atoms. The van der Waals surface area contributed by atoms with Gasteiger partial charge in [0.2, 0.25) is 5.13 Å². The van der Waals surface area contributed by atoms with Crippen LogP contribution in [0.4, 0.5) is 5.13 Å². The van der Waals surface area contributed by atoms with E-state index in [-0.39, 0.29) is 0 Å². The van der Waals surface area contributed by atoms with Gasteiger partial charge in [0.25, 0.3) is 0 Å². The van der Waals surface area contributed by atoms with Gasteiger partial charge in [0, 0.05) is 30.7 Å². The first-order valence-corrected chi connectivity index (χ1v) is 7.37. The van der Waals surface area contributed by atoms with Crippen LogP contribution in [0.3, 0.4) is 0 Å². The number of hydrogen-bond donors (Lipinski definition) is 1. The molecule has 0 unspecified atom stereocenters. The minimum Gasteiger partial charge on any atom is -0.347 e. The second kappa shape index (κ2) is 4.90. The monoisotopic (exact) mass is 252 g/mol. The van der Waals surface area contributed by atoms with Gasteiger partial charge in [-0.15, -0.1) is 0 Å². The minimum absolute atomic E-state index is 0.846. The van der Waals surface area contributed by atoms with Crippen molar-refractivity contribution in [3.63, 3.8) is 0 Å². The van der Waals surface area contributed by atoms with Crippen molar-refractivity contribution in [2.24, 2.45) is 5.92 Å². The number of anilines is 1. The van der Waals surface area contributed by atoms with E-state index in [1.165, 1.54) is 43.8 Å². The molecule has 1 N–H and O–H groups in total. The maximum Gasteiger partial charge on any atom is 0.205 e. The summed E-state index contributed by atoms with van der Waals surface area (Å²) >= 11 is 1.53. The van der Waals surface area contributed by atoms with Crippen LogP contribution in [-0.2, 0) is 0 Å². The zero-order valence-electron chi connectivity index (χ0n) is 10.4. The number of rotatable bonds is 4. The molecule has 2 aliphatic rings. The Bertz CT molecular complexity index is 366. The summed E-state index contributed by atoms with van der Waals surface area (Å²) in [7, 11) is 0. The fourth-order valence-electron chi connectivity index (χ4n) is 2.36. The van der Waals surface area contributed by atoms with Crippen LogP contribution in [0, 0.1) is 12.8 Å². The predicted molar refractivity (Wildman–Crippen MR) is 70.6 cm³/mol. The van der Waals surface area contributed by atoms with E-state index in [0.717, 1.165) is 36.0 Å². The van der Waals surface area contributed by atoms with E-state index in [1.54, 1.807) is 0 Å². The molecular formula is C12H20N4S. The lowest BCUT2D eigenvalue weighted by Crippen LogP contribution is -2.37. The summed E-state index contributed by atoms with van der Waals surface area (Å²) in [6, 6.07) is 0.846. The molecule has 5 heteroatoms. The van der Waals surface area contributed by atoms with Crippen molar-refractivity contribution < 1.29 is 0 Å². The highest BCUT2D eigenvalue weighted by Gasteiger charge is 2.25. The van der Waals surface area contributed by atoms with Crippen LogP contribution < -0.4 is 10.2 Å². The van der Waals surface area contributed by atoms with E-state index in [1.807, 2.05) is 6.92 Å². The molecule has 1 aliphatic carbocycles. The van der Waals surface area contributed by atoms with E-state index in [9.17, 15) is 0 Å². The highest BCUT2D eigenvalue weighted by molar-refractivity contribution is 7.09. The van der Waals surface area contributed by atoms with Crippen LogP contribution in [0.1, 0.15) is 31.5 Å². The minimum atomic E-state index is 0.846. The maximum absolute atomic E-state index is 4.46. The third kappa shape index (κ3) is 2.96. The fraction of sp³-hybridized carbons (Fsp3) is 0.833. The SMILES string of the molecule is Cc1nsc(N2CCC(CNC3CC3)CC2)n1. The van der Waals surface area contributed by atoms with Crippen molar-refractivity contribution in [1.29, 1.82) is 0 Å². The van der Waals surface area contributed by atoms with Gasteiger partial charge in [0.1, 0.15) is 5.82 Å². The summed E-state index contributed by atoms with van der Waals surface area (Å²) in [5, 5.41) is 4.75. The highest BCUT2D eigenvalue weighted by atomic mass is 32.1.